The van der Waals surface area contributed by atoms with Gasteiger partial charge in [-0.1, -0.05) is 0 Å². The number of rotatable bonds is 2. The number of aromatic nitrogens is 3. The van der Waals surface area contributed by atoms with E-state index in [0.29, 0.717) is 0 Å². The van der Waals surface area contributed by atoms with Gasteiger partial charge in [-0.15, -0.1) is 11.3 Å². The number of esters is 1. The normalized spacial score (nSPS) is 10.7. The summed E-state index contributed by atoms with van der Waals surface area (Å²) in [4.78, 5) is 27.3. The Labute approximate surface area is 117 Å². The van der Waals surface area contributed by atoms with E-state index in [1.165, 1.54) is 35.4 Å². The van der Waals surface area contributed by atoms with Gasteiger partial charge in [-0.25, -0.2) is 14.5 Å². The maximum atomic E-state index is 11.6. The van der Waals surface area contributed by atoms with Crippen molar-refractivity contribution < 1.29 is 9.53 Å². The Bertz CT molecular complexity index is 853. The minimum Gasteiger partial charge on any atom is -0.464 e. The Morgan fingerprint density at radius 1 is 1.35 bits per heavy atom. The van der Waals surface area contributed by atoms with E-state index in [-0.39, 0.29) is 5.69 Å². The van der Waals surface area contributed by atoms with Gasteiger partial charge in [0.1, 0.15) is 0 Å². The van der Waals surface area contributed by atoms with Crippen LogP contribution in [0.2, 0.25) is 0 Å². The molecule has 100 valence electrons. The van der Waals surface area contributed by atoms with Crippen LogP contribution in [0.25, 0.3) is 15.9 Å². The van der Waals surface area contributed by atoms with Crippen LogP contribution in [0, 0.1) is 0 Å². The van der Waals surface area contributed by atoms with Gasteiger partial charge in [-0.05, 0) is 18.2 Å². The van der Waals surface area contributed by atoms with E-state index in [0.717, 1.165) is 15.9 Å². The lowest BCUT2D eigenvalue weighted by Gasteiger charge is -2.06. The smallest absolute Gasteiger partial charge is 0.362 e. The molecular weight excluding hydrogens is 278 g/mol. The van der Waals surface area contributed by atoms with Crippen molar-refractivity contribution in [3.63, 3.8) is 0 Å². The Kier molecular flexibility index (Phi) is 3.03. The first kappa shape index (κ1) is 12.5. The molecular formula is C13H9N3O3S. The van der Waals surface area contributed by atoms with E-state index in [4.69, 9.17) is 0 Å². The third kappa shape index (κ3) is 2.08. The molecule has 2 aromatic heterocycles. The van der Waals surface area contributed by atoms with Crippen LogP contribution < -0.4 is 5.43 Å². The quantitative estimate of drug-likeness (QED) is 0.670. The molecule has 3 rings (SSSR count). The van der Waals surface area contributed by atoms with E-state index in [2.05, 4.69) is 14.8 Å². The van der Waals surface area contributed by atoms with Crippen molar-refractivity contribution in [1.82, 2.24) is 14.8 Å². The largest absolute Gasteiger partial charge is 0.464 e. The van der Waals surface area contributed by atoms with Crippen molar-refractivity contribution in [3.05, 3.63) is 51.9 Å². The molecule has 0 radical (unpaired) electrons. The zero-order valence-electron chi connectivity index (χ0n) is 10.4. The fourth-order valence-corrected chi connectivity index (χ4v) is 2.49. The highest BCUT2D eigenvalue weighted by molar-refractivity contribution is 7.16. The minimum absolute atomic E-state index is 0.237. The molecule has 20 heavy (non-hydrogen) atoms. The predicted molar refractivity (Wildman–Crippen MR) is 74.4 cm³/mol. The second-order valence-corrected chi connectivity index (χ2v) is 4.86. The lowest BCUT2D eigenvalue weighted by Crippen LogP contribution is -2.21. The lowest BCUT2D eigenvalue weighted by atomic mass is 10.3. The van der Waals surface area contributed by atoms with Crippen molar-refractivity contribution in [2.24, 2.45) is 0 Å². The maximum Gasteiger partial charge on any atom is 0.362 e. The summed E-state index contributed by atoms with van der Waals surface area (Å²) in [5.74, 6) is -0.747. The van der Waals surface area contributed by atoms with Gasteiger partial charge in [0, 0.05) is 12.3 Å². The summed E-state index contributed by atoms with van der Waals surface area (Å²) in [5, 5.41) is 4.02. The SMILES string of the molecule is COC(=O)c1nn(-c2ccc3ncsc3c2)ccc1=O. The van der Waals surface area contributed by atoms with E-state index in [9.17, 15) is 9.59 Å². The van der Waals surface area contributed by atoms with Gasteiger partial charge >= 0.3 is 5.97 Å². The molecule has 0 amide bonds. The number of methoxy groups -OCH3 is 1. The van der Waals surface area contributed by atoms with Gasteiger partial charge in [-0.2, -0.15) is 5.10 Å². The van der Waals surface area contributed by atoms with E-state index < -0.39 is 11.4 Å². The fraction of sp³-hybridized carbons (Fsp3) is 0.0769. The molecule has 2 heterocycles. The average Bonchev–Trinajstić information content (AvgIpc) is 2.94. The monoisotopic (exact) mass is 287 g/mol. The van der Waals surface area contributed by atoms with Crippen LogP contribution in [0.1, 0.15) is 10.5 Å². The van der Waals surface area contributed by atoms with Gasteiger partial charge in [0.05, 0.1) is 28.5 Å². The first-order chi connectivity index (χ1) is 9.69. The van der Waals surface area contributed by atoms with E-state index in [1.807, 2.05) is 18.2 Å². The highest BCUT2D eigenvalue weighted by Gasteiger charge is 2.13. The zero-order chi connectivity index (χ0) is 14.1. The lowest BCUT2D eigenvalue weighted by molar-refractivity contribution is 0.0590. The summed E-state index contributed by atoms with van der Waals surface area (Å²) in [6.45, 7) is 0. The Morgan fingerprint density at radius 3 is 3.00 bits per heavy atom. The van der Waals surface area contributed by atoms with E-state index >= 15 is 0 Å². The summed E-state index contributed by atoms with van der Waals surface area (Å²) in [7, 11) is 1.21. The predicted octanol–water partition coefficient (Wildman–Crippen LogP) is 1.63. The molecule has 7 heteroatoms. The number of fused-ring (bicyclic) bond motifs is 1. The summed E-state index contributed by atoms with van der Waals surface area (Å²) in [6, 6.07) is 6.86. The summed E-state index contributed by atoms with van der Waals surface area (Å²) in [5.41, 5.74) is 2.69. The molecule has 0 saturated carbocycles. The molecule has 0 bridgehead atoms. The number of ether oxygens (including phenoxy) is 1. The number of hydrogen-bond acceptors (Lipinski definition) is 6. The summed E-state index contributed by atoms with van der Waals surface area (Å²) in [6.07, 6.45) is 1.51. The molecule has 0 saturated heterocycles. The maximum absolute atomic E-state index is 11.6. The molecule has 0 spiro atoms. The van der Waals surface area contributed by atoms with Crippen LogP contribution >= 0.6 is 11.3 Å². The Morgan fingerprint density at radius 2 is 2.20 bits per heavy atom. The zero-order valence-corrected chi connectivity index (χ0v) is 11.3. The van der Waals surface area contributed by atoms with Crippen molar-refractivity contribution in [2.45, 2.75) is 0 Å². The molecule has 1 aromatic carbocycles. The van der Waals surface area contributed by atoms with Crippen molar-refractivity contribution in [1.29, 1.82) is 0 Å². The highest BCUT2D eigenvalue weighted by Crippen LogP contribution is 2.20. The van der Waals surface area contributed by atoms with Crippen molar-refractivity contribution in [3.8, 4) is 5.69 Å². The van der Waals surface area contributed by atoms with Crippen LogP contribution in [-0.2, 0) is 4.74 Å². The molecule has 3 aromatic rings. The number of carbonyl (C=O) groups excluding carboxylic acids is 1. The molecule has 0 aliphatic rings. The van der Waals surface area contributed by atoms with Crippen LogP contribution in [0.3, 0.4) is 0 Å². The van der Waals surface area contributed by atoms with Crippen LogP contribution in [0.4, 0.5) is 0 Å². The Hall–Kier alpha value is -2.54. The molecule has 0 fully saturated rings. The molecule has 0 atom stereocenters. The van der Waals surface area contributed by atoms with Gasteiger partial charge in [-0.3, -0.25) is 4.79 Å². The number of nitrogens with zero attached hydrogens (tertiary/aromatic N) is 3. The van der Waals surface area contributed by atoms with Crippen LogP contribution in [-0.4, -0.2) is 27.8 Å². The van der Waals surface area contributed by atoms with Gasteiger partial charge in [0.15, 0.2) is 0 Å². The minimum atomic E-state index is -0.747. The Balaban J connectivity index is 2.13. The van der Waals surface area contributed by atoms with E-state index in [1.54, 1.807) is 5.51 Å². The highest BCUT2D eigenvalue weighted by atomic mass is 32.1. The topological polar surface area (TPSA) is 74.1 Å². The number of carbonyl (C=O) groups is 1. The molecule has 0 aliphatic heterocycles. The molecule has 0 N–H and O–H groups in total. The third-order valence-electron chi connectivity index (χ3n) is 2.77. The second-order valence-electron chi connectivity index (χ2n) is 3.97. The number of benzene rings is 1. The standard InChI is InChI=1S/C13H9N3O3S/c1-19-13(18)12-10(17)4-5-16(15-12)8-2-3-9-11(6-8)20-7-14-9/h2-7H,1H3. The number of hydrogen-bond donors (Lipinski definition) is 0. The summed E-state index contributed by atoms with van der Waals surface area (Å²) < 4.78 is 7.01. The van der Waals surface area contributed by atoms with Gasteiger partial charge in [0.2, 0.25) is 11.1 Å². The first-order valence-corrected chi connectivity index (χ1v) is 6.59. The molecule has 0 aliphatic carbocycles. The molecule has 0 unspecified atom stereocenters. The van der Waals surface area contributed by atoms with Crippen LogP contribution in [0.5, 0.6) is 0 Å². The molecule has 6 nitrogen and oxygen atoms in total. The average molecular weight is 287 g/mol. The van der Waals surface area contributed by atoms with Crippen LogP contribution in [0.15, 0.2) is 40.8 Å². The van der Waals surface area contributed by atoms with Crippen molar-refractivity contribution in [2.75, 3.05) is 7.11 Å². The second kappa shape index (κ2) is 4.86. The fourth-order valence-electron chi connectivity index (χ4n) is 1.78. The first-order valence-electron chi connectivity index (χ1n) is 5.71. The van der Waals surface area contributed by atoms with Crippen molar-refractivity contribution >= 4 is 27.5 Å². The van der Waals surface area contributed by atoms with Gasteiger partial charge < -0.3 is 4.74 Å². The third-order valence-corrected chi connectivity index (χ3v) is 3.56. The number of thiazole rings is 1. The summed E-state index contributed by atoms with van der Waals surface area (Å²) >= 11 is 1.51. The van der Waals surface area contributed by atoms with Gasteiger partial charge in [0.25, 0.3) is 0 Å².